The quantitative estimate of drug-likeness (QED) is 0.536. The van der Waals surface area contributed by atoms with Crippen LogP contribution in [0.3, 0.4) is 0 Å². The summed E-state index contributed by atoms with van der Waals surface area (Å²) in [5, 5.41) is 0.929. The maximum Gasteiger partial charge on any atom is 0.101 e. The molecule has 47 valence electrons. The summed E-state index contributed by atoms with van der Waals surface area (Å²) < 4.78 is 10.8. The van der Waals surface area contributed by atoms with E-state index in [1.54, 1.807) is 18.8 Å². The molecule has 0 aliphatic carbocycles. The van der Waals surface area contributed by atoms with Crippen LogP contribution < -0.4 is 5.30 Å². The van der Waals surface area contributed by atoms with Crippen molar-refractivity contribution in [2.45, 2.75) is 0 Å². The van der Waals surface area contributed by atoms with Gasteiger partial charge in [0, 0.05) is 5.30 Å². The third-order valence-electron chi connectivity index (χ3n) is 1.12. The zero-order valence-corrected chi connectivity index (χ0v) is 6.22. The number of hydrogen-bond donors (Lipinski definition) is 0. The highest BCUT2D eigenvalue weighted by Gasteiger charge is 1.90. The van der Waals surface area contributed by atoms with Crippen LogP contribution in [0.5, 0.6) is 0 Å². The van der Waals surface area contributed by atoms with Gasteiger partial charge in [0.05, 0.1) is 0 Å². The summed E-state index contributed by atoms with van der Waals surface area (Å²) >= 11 is 0. The van der Waals surface area contributed by atoms with E-state index in [1.807, 2.05) is 12.1 Å². The van der Waals surface area contributed by atoms with E-state index in [-0.39, 0.29) is 0 Å². The molecule has 0 fully saturated rings. The molecule has 0 aromatic heterocycles. The summed E-state index contributed by atoms with van der Waals surface area (Å²) in [6, 6.07) is 10.1. The average molecular weight is 139 g/mol. The van der Waals surface area contributed by atoms with Gasteiger partial charge in [-0.05, 0) is 12.7 Å². The molecule has 0 bridgehead atoms. The summed E-state index contributed by atoms with van der Waals surface area (Å²) in [6.07, 6.45) is 0. The van der Waals surface area contributed by atoms with Crippen LogP contribution in [0.25, 0.3) is 0 Å². The van der Waals surface area contributed by atoms with Gasteiger partial charge in [0.2, 0.25) is 0 Å². The standard InChI is InChI=1S/C7H8OP/c1-9(8)7-5-3-2-4-6-7/h3-6,9H,1H3. The molecular weight excluding hydrogens is 131 g/mol. The van der Waals surface area contributed by atoms with Crippen molar-refractivity contribution in [2.24, 2.45) is 0 Å². The first-order valence-corrected chi connectivity index (χ1v) is 4.68. The number of benzene rings is 1. The average Bonchev–Trinajstić information content (AvgIpc) is 1.90. The molecule has 1 unspecified atom stereocenters. The molecule has 0 saturated carbocycles. The van der Waals surface area contributed by atoms with Gasteiger partial charge < -0.3 is 4.57 Å². The molecule has 0 amide bonds. The molecule has 0 spiro atoms. The third kappa shape index (κ3) is 1.69. The van der Waals surface area contributed by atoms with Crippen LogP contribution in [0.2, 0.25) is 0 Å². The maximum atomic E-state index is 10.8. The van der Waals surface area contributed by atoms with Crippen molar-refractivity contribution in [3.05, 3.63) is 30.3 Å². The normalized spacial score (nSPS) is 13.0. The minimum Gasteiger partial charge on any atom is -0.322 e. The fraction of sp³-hybridized carbons (Fsp3) is 0.143. The zero-order valence-electron chi connectivity index (χ0n) is 5.22. The molecule has 0 aliphatic heterocycles. The van der Waals surface area contributed by atoms with Crippen LogP contribution in [-0.4, -0.2) is 6.66 Å². The van der Waals surface area contributed by atoms with Crippen molar-refractivity contribution in [1.82, 2.24) is 0 Å². The first kappa shape index (κ1) is 6.57. The zero-order chi connectivity index (χ0) is 6.69. The van der Waals surface area contributed by atoms with Crippen molar-refractivity contribution in [2.75, 3.05) is 6.66 Å². The minimum absolute atomic E-state index is 0.929. The lowest BCUT2D eigenvalue weighted by Gasteiger charge is -1.90. The minimum atomic E-state index is -1.48. The molecule has 0 heterocycles. The van der Waals surface area contributed by atoms with Crippen LogP contribution in [0, 0.1) is 6.07 Å². The lowest BCUT2D eigenvalue weighted by molar-refractivity contribution is 0.596. The van der Waals surface area contributed by atoms with E-state index >= 15 is 0 Å². The maximum absolute atomic E-state index is 10.8. The first-order valence-electron chi connectivity index (χ1n) is 2.78. The summed E-state index contributed by atoms with van der Waals surface area (Å²) in [5.74, 6) is 0. The summed E-state index contributed by atoms with van der Waals surface area (Å²) in [5.41, 5.74) is 0. The van der Waals surface area contributed by atoms with Crippen LogP contribution in [0.1, 0.15) is 0 Å². The van der Waals surface area contributed by atoms with Crippen molar-refractivity contribution in [3.63, 3.8) is 0 Å². The Bertz CT molecular complexity index is 205. The molecule has 1 nitrogen and oxygen atoms in total. The van der Waals surface area contributed by atoms with Crippen LogP contribution in [0.15, 0.2) is 24.3 Å². The highest BCUT2D eigenvalue weighted by atomic mass is 31.1. The van der Waals surface area contributed by atoms with Gasteiger partial charge in [0.1, 0.15) is 7.80 Å². The second kappa shape index (κ2) is 2.84. The molecule has 0 saturated heterocycles. The second-order valence-corrected chi connectivity index (χ2v) is 3.53. The Kier molecular flexibility index (Phi) is 2.07. The predicted molar refractivity (Wildman–Crippen MR) is 39.8 cm³/mol. The Balaban J connectivity index is 2.98. The van der Waals surface area contributed by atoms with E-state index in [2.05, 4.69) is 6.07 Å². The lowest BCUT2D eigenvalue weighted by Crippen LogP contribution is -1.91. The Morgan fingerprint density at radius 1 is 1.44 bits per heavy atom. The van der Waals surface area contributed by atoms with E-state index < -0.39 is 7.80 Å². The van der Waals surface area contributed by atoms with Gasteiger partial charge in [-0.1, -0.05) is 24.3 Å². The van der Waals surface area contributed by atoms with E-state index in [0.717, 1.165) is 5.30 Å². The number of hydrogen-bond acceptors (Lipinski definition) is 1. The molecule has 9 heavy (non-hydrogen) atoms. The molecule has 1 aromatic carbocycles. The lowest BCUT2D eigenvalue weighted by atomic mass is 10.4. The Labute approximate surface area is 55.5 Å². The van der Waals surface area contributed by atoms with Gasteiger partial charge in [0.25, 0.3) is 0 Å². The monoisotopic (exact) mass is 139 g/mol. The summed E-state index contributed by atoms with van der Waals surface area (Å²) in [7, 11) is -1.48. The molecule has 0 aliphatic rings. The van der Waals surface area contributed by atoms with Gasteiger partial charge in [-0.15, -0.1) is 0 Å². The number of rotatable bonds is 1. The van der Waals surface area contributed by atoms with Gasteiger partial charge in [-0.25, -0.2) is 0 Å². The van der Waals surface area contributed by atoms with Crippen LogP contribution >= 0.6 is 7.80 Å². The Hall–Kier alpha value is -0.550. The van der Waals surface area contributed by atoms with Crippen LogP contribution in [-0.2, 0) is 4.57 Å². The largest absolute Gasteiger partial charge is 0.322 e. The van der Waals surface area contributed by atoms with Crippen LogP contribution in [0.4, 0.5) is 0 Å². The first-order chi connectivity index (χ1) is 4.30. The molecule has 0 N–H and O–H groups in total. The molecule has 1 atom stereocenters. The molecular formula is C7H8OP. The fourth-order valence-electron chi connectivity index (χ4n) is 0.622. The second-order valence-electron chi connectivity index (χ2n) is 1.84. The van der Waals surface area contributed by atoms with Gasteiger partial charge in [-0.2, -0.15) is 0 Å². The summed E-state index contributed by atoms with van der Waals surface area (Å²) in [6.45, 7) is 1.74. The SMILES string of the molecule is C[PH](=O)c1cc[c]cc1. The van der Waals surface area contributed by atoms with Crippen molar-refractivity contribution in [1.29, 1.82) is 0 Å². The topological polar surface area (TPSA) is 17.1 Å². The van der Waals surface area contributed by atoms with Crippen molar-refractivity contribution >= 4 is 13.1 Å². The predicted octanol–water partition coefficient (Wildman–Crippen LogP) is 1.30. The smallest absolute Gasteiger partial charge is 0.101 e. The van der Waals surface area contributed by atoms with E-state index in [1.165, 1.54) is 0 Å². The van der Waals surface area contributed by atoms with E-state index in [0.29, 0.717) is 0 Å². The molecule has 1 aromatic rings. The van der Waals surface area contributed by atoms with E-state index in [4.69, 9.17) is 0 Å². The van der Waals surface area contributed by atoms with Crippen molar-refractivity contribution < 1.29 is 4.57 Å². The van der Waals surface area contributed by atoms with Crippen molar-refractivity contribution in [3.8, 4) is 0 Å². The molecule has 2 heteroatoms. The Morgan fingerprint density at radius 2 is 2.00 bits per heavy atom. The van der Waals surface area contributed by atoms with Gasteiger partial charge in [0.15, 0.2) is 0 Å². The van der Waals surface area contributed by atoms with E-state index in [9.17, 15) is 4.57 Å². The highest BCUT2D eigenvalue weighted by molar-refractivity contribution is 7.52. The van der Waals surface area contributed by atoms with Gasteiger partial charge in [-0.3, -0.25) is 0 Å². The molecule has 1 radical (unpaired) electrons. The third-order valence-corrected chi connectivity index (χ3v) is 2.27. The highest BCUT2D eigenvalue weighted by Crippen LogP contribution is 2.11. The van der Waals surface area contributed by atoms with Gasteiger partial charge >= 0.3 is 0 Å². The fourth-order valence-corrected chi connectivity index (χ4v) is 1.26. The molecule has 1 rings (SSSR count). The Morgan fingerprint density at radius 3 is 2.33 bits per heavy atom. The summed E-state index contributed by atoms with van der Waals surface area (Å²) in [4.78, 5) is 0.